The normalized spacial score (nSPS) is 21.4. The molecule has 25 heavy (non-hydrogen) atoms. The van der Waals surface area contributed by atoms with Crippen molar-refractivity contribution < 1.29 is 18.0 Å². The number of hydrogen-bond donors (Lipinski definition) is 1. The van der Waals surface area contributed by atoms with Gasteiger partial charge in [0.2, 0.25) is 0 Å². The number of aromatic nitrogens is 2. The SMILES string of the molecule is C[C@@H]1C[C@@H](N)CCN1C(=O)c1cccc(-n2ccc(C(F)(F)F)n2)c1. The van der Waals surface area contributed by atoms with Gasteiger partial charge in [0.1, 0.15) is 0 Å². The van der Waals surface area contributed by atoms with Gasteiger partial charge >= 0.3 is 6.18 Å². The predicted molar refractivity (Wildman–Crippen MR) is 86.3 cm³/mol. The lowest BCUT2D eigenvalue weighted by Gasteiger charge is -2.36. The van der Waals surface area contributed by atoms with Crippen LogP contribution >= 0.6 is 0 Å². The standard InChI is InChI=1S/C17H19F3N4O/c1-11-9-13(21)5-7-23(11)16(25)12-3-2-4-14(10-12)24-8-6-15(22-24)17(18,19)20/h2-4,6,8,10-11,13H,5,7,9,21H2,1H3/t11-,13+/m1/s1. The first-order valence-electron chi connectivity index (χ1n) is 8.05. The van der Waals surface area contributed by atoms with Crippen molar-refractivity contribution in [1.82, 2.24) is 14.7 Å². The number of likely N-dealkylation sites (tertiary alicyclic amines) is 1. The molecule has 0 spiro atoms. The topological polar surface area (TPSA) is 64.2 Å². The van der Waals surface area contributed by atoms with Gasteiger partial charge in [-0.15, -0.1) is 0 Å². The first-order valence-corrected chi connectivity index (χ1v) is 8.05. The molecule has 5 nitrogen and oxygen atoms in total. The van der Waals surface area contributed by atoms with Crippen LogP contribution in [-0.2, 0) is 6.18 Å². The van der Waals surface area contributed by atoms with Gasteiger partial charge in [0.05, 0.1) is 5.69 Å². The second kappa shape index (κ2) is 6.51. The molecule has 0 bridgehead atoms. The number of amides is 1. The summed E-state index contributed by atoms with van der Waals surface area (Å²) >= 11 is 0. The second-order valence-electron chi connectivity index (χ2n) is 6.33. The minimum atomic E-state index is -4.50. The number of alkyl halides is 3. The molecule has 8 heteroatoms. The zero-order valence-corrected chi connectivity index (χ0v) is 13.7. The minimum Gasteiger partial charge on any atom is -0.336 e. The number of nitrogens with zero attached hydrogens (tertiary/aromatic N) is 3. The lowest BCUT2D eigenvalue weighted by Crippen LogP contribution is -2.48. The van der Waals surface area contributed by atoms with Crippen molar-refractivity contribution in [3.05, 3.63) is 47.8 Å². The van der Waals surface area contributed by atoms with E-state index in [1.54, 1.807) is 29.2 Å². The van der Waals surface area contributed by atoms with E-state index < -0.39 is 11.9 Å². The molecule has 1 saturated heterocycles. The number of carbonyl (C=O) groups is 1. The van der Waals surface area contributed by atoms with Crippen LogP contribution in [0.25, 0.3) is 5.69 Å². The van der Waals surface area contributed by atoms with Crippen molar-refractivity contribution in [1.29, 1.82) is 0 Å². The van der Waals surface area contributed by atoms with E-state index in [0.717, 1.165) is 23.6 Å². The van der Waals surface area contributed by atoms with E-state index in [1.807, 2.05) is 6.92 Å². The fraction of sp³-hybridized carbons (Fsp3) is 0.412. The molecule has 2 heterocycles. The maximum atomic E-state index is 12.7. The summed E-state index contributed by atoms with van der Waals surface area (Å²) in [6.07, 6.45) is -1.79. The monoisotopic (exact) mass is 352 g/mol. The first-order chi connectivity index (χ1) is 11.8. The molecule has 1 amide bonds. The van der Waals surface area contributed by atoms with Crippen molar-refractivity contribution in [3.63, 3.8) is 0 Å². The molecule has 2 atom stereocenters. The van der Waals surface area contributed by atoms with E-state index in [2.05, 4.69) is 5.10 Å². The Bertz CT molecular complexity index is 771. The van der Waals surface area contributed by atoms with E-state index in [1.165, 1.54) is 6.20 Å². The van der Waals surface area contributed by atoms with Crippen LogP contribution in [0.3, 0.4) is 0 Å². The molecule has 1 aromatic carbocycles. The lowest BCUT2D eigenvalue weighted by atomic mass is 9.98. The fourth-order valence-corrected chi connectivity index (χ4v) is 3.08. The highest BCUT2D eigenvalue weighted by atomic mass is 19.4. The number of hydrogen-bond acceptors (Lipinski definition) is 3. The smallest absolute Gasteiger partial charge is 0.336 e. The Hall–Kier alpha value is -2.35. The van der Waals surface area contributed by atoms with Crippen LogP contribution in [0.4, 0.5) is 13.2 Å². The maximum Gasteiger partial charge on any atom is 0.435 e. The van der Waals surface area contributed by atoms with Crippen molar-refractivity contribution in [3.8, 4) is 5.69 Å². The summed E-state index contributed by atoms with van der Waals surface area (Å²) in [7, 11) is 0. The number of nitrogens with two attached hydrogens (primary N) is 1. The molecule has 0 radical (unpaired) electrons. The molecule has 2 N–H and O–H groups in total. The molecule has 0 saturated carbocycles. The molecular formula is C17H19F3N4O. The zero-order valence-electron chi connectivity index (χ0n) is 13.7. The van der Waals surface area contributed by atoms with Gasteiger partial charge in [0.25, 0.3) is 5.91 Å². The minimum absolute atomic E-state index is 0.0291. The summed E-state index contributed by atoms with van der Waals surface area (Å²) in [5.74, 6) is -0.149. The molecule has 1 aliphatic heterocycles. The molecule has 2 aromatic rings. The third-order valence-corrected chi connectivity index (χ3v) is 4.41. The Labute approximate surface area is 143 Å². The van der Waals surface area contributed by atoms with E-state index in [0.29, 0.717) is 17.8 Å². The fourth-order valence-electron chi connectivity index (χ4n) is 3.08. The second-order valence-corrected chi connectivity index (χ2v) is 6.33. The quantitative estimate of drug-likeness (QED) is 0.904. The Morgan fingerprint density at radius 3 is 2.72 bits per heavy atom. The van der Waals surface area contributed by atoms with Gasteiger partial charge in [-0.05, 0) is 44.0 Å². The van der Waals surface area contributed by atoms with E-state index in [-0.39, 0.29) is 18.0 Å². The zero-order chi connectivity index (χ0) is 18.2. The van der Waals surface area contributed by atoms with Gasteiger partial charge in [0.15, 0.2) is 5.69 Å². The number of halogens is 3. The molecule has 1 aliphatic rings. The maximum absolute atomic E-state index is 12.7. The van der Waals surface area contributed by atoms with Gasteiger partial charge in [0, 0.05) is 30.4 Å². The molecule has 134 valence electrons. The van der Waals surface area contributed by atoms with Crippen molar-refractivity contribution >= 4 is 5.91 Å². The Morgan fingerprint density at radius 2 is 2.08 bits per heavy atom. The summed E-state index contributed by atoms with van der Waals surface area (Å²) in [6.45, 7) is 2.52. The number of rotatable bonds is 2. The molecule has 1 aromatic heterocycles. The van der Waals surface area contributed by atoms with Crippen LogP contribution in [-0.4, -0.2) is 39.2 Å². The average molecular weight is 352 g/mol. The number of piperidine rings is 1. The summed E-state index contributed by atoms with van der Waals surface area (Å²) < 4.78 is 39.2. The van der Waals surface area contributed by atoms with Gasteiger partial charge in [-0.2, -0.15) is 18.3 Å². The summed E-state index contributed by atoms with van der Waals surface area (Å²) in [4.78, 5) is 14.5. The third-order valence-electron chi connectivity index (χ3n) is 4.41. The first kappa shape index (κ1) is 17.5. The average Bonchev–Trinajstić information content (AvgIpc) is 3.05. The van der Waals surface area contributed by atoms with Gasteiger partial charge < -0.3 is 10.6 Å². The Morgan fingerprint density at radius 1 is 1.32 bits per heavy atom. The Kier molecular flexibility index (Phi) is 4.55. The molecule has 1 fully saturated rings. The van der Waals surface area contributed by atoms with Crippen LogP contribution in [0.15, 0.2) is 36.5 Å². The number of benzene rings is 1. The molecule has 0 aliphatic carbocycles. The van der Waals surface area contributed by atoms with Crippen LogP contribution in [0.2, 0.25) is 0 Å². The molecule has 3 rings (SSSR count). The van der Waals surface area contributed by atoms with Crippen molar-refractivity contribution in [2.75, 3.05) is 6.54 Å². The summed E-state index contributed by atoms with van der Waals surface area (Å²) in [5.41, 5.74) is 5.78. The van der Waals surface area contributed by atoms with Crippen LogP contribution in [0.1, 0.15) is 35.8 Å². The lowest BCUT2D eigenvalue weighted by molar-refractivity contribution is -0.141. The third kappa shape index (κ3) is 3.68. The highest BCUT2D eigenvalue weighted by molar-refractivity contribution is 5.95. The van der Waals surface area contributed by atoms with Gasteiger partial charge in [-0.25, -0.2) is 4.68 Å². The van der Waals surface area contributed by atoms with E-state index in [4.69, 9.17) is 5.73 Å². The highest BCUT2D eigenvalue weighted by Gasteiger charge is 2.33. The summed E-state index contributed by atoms with van der Waals surface area (Å²) in [6, 6.07) is 7.48. The Balaban J connectivity index is 1.84. The largest absolute Gasteiger partial charge is 0.435 e. The van der Waals surface area contributed by atoms with Crippen LogP contribution in [0.5, 0.6) is 0 Å². The summed E-state index contributed by atoms with van der Waals surface area (Å²) in [5, 5.41) is 3.54. The predicted octanol–water partition coefficient (Wildman–Crippen LogP) is 2.84. The van der Waals surface area contributed by atoms with Gasteiger partial charge in [-0.3, -0.25) is 4.79 Å². The van der Waals surface area contributed by atoms with Crippen molar-refractivity contribution in [2.24, 2.45) is 5.73 Å². The van der Waals surface area contributed by atoms with Crippen LogP contribution < -0.4 is 5.73 Å². The van der Waals surface area contributed by atoms with E-state index >= 15 is 0 Å². The highest BCUT2D eigenvalue weighted by Crippen LogP contribution is 2.28. The van der Waals surface area contributed by atoms with Crippen LogP contribution in [0, 0.1) is 0 Å². The van der Waals surface area contributed by atoms with E-state index in [9.17, 15) is 18.0 Å². The molecular weight excluding hydrogens is 333 g/mol. The molecule has 0 unspecified atom stereocenters. The number of carbonyl (C=O) groups excluding carboxylic acids is 1. The van der Waals surface area contributed by atoms with Crippen molar-refractivity contribution in [2.45, 2.75) is 38.0 Å². The van der Waals surface area contributed by atoms with Gasteiger partial charge in [-0.1, -0.05) is 6.07 Å².